The largest absolute Gasteiger partial charge is 0.481 e. The third-order valence-corrected chi connectivity index (χ3v) is 7.87. The number of unbranched alkanes of at least 4 members (excludes halogenated alkanes) is 12. The Morgan fingerprint density at radius 2 is 1.47 bits per heavy atom. The van der Waals surface area contributed by atoms with Crippen molar-refractivity contribution in [1.82, 2.24) is 10.3 Å². The molecule has 218 valence electrons. The molecule has 1 aromatic heterocycles. The van der Waals surface area contributed by atoms with Gasteiger partial charge >= 0.3 is 5.97 Å². The molecule has 0 radical (unpaired) electrons. The highest BCUT2D eigenvalue weighted by atomic mass is 32.2. The quantitative estimate of drug-likeness (QED) is 0.0891. The van der Waals surface area contributed by atoms with Gasteiger partial charge in [0.05, 0.1) is 11.3 Å². The van der Waals surface area contributed by atoms with Crippen LogP contribution >= 0.6 is 11.8 Å². The molecule has 0 aliphatic rings. The number of hydrogen-bond acceptors (Lipinski definition) is 5. The van der Waals surface area contributed by atoms with Crippen LogP contribution in [-0.4, -0.2) is 47.5 Å². The van der Waals surface area contributed by atoms with Crippen molar-refractivity contribution in [2.45, 2.75) is 128 Å². The third kappa shape index (κ3) is 18.6. The van der Waals surface area contributed by atoms with E-state index in [1.807, 2.05) is 0 Å². The van der Waals surface area contributed by atoms with E-state index in [0.29, 0.717) is 29.7 Å². The van der Waals surface area contributed by atoms with E-state index >= 15 is 0 Å². The Bertz CT molecular complexity index is 732. The highest BCUT2D eigenvalue weighted by molar-refractivity contribution is 7.99. The van der Waals surface area contributed by atoms with Gasteiger partial charge in [-0.1, -0.05) is 116 Å². The number of carbonyl (C=O) groups excluding carboxylic acids is 1. The first kappa shape index (κ1) is 34.4. The van der Waals surface area contributed by atoms with Gasteiger partial charge in [-0.05, 0) is 37.3 Å². The molecular weight excluding hydrogens is 496 g/mol. The maximum atomic E-state index is 12.6. The van der Waals surface area contributed by atoms with Gasteiger partial charge in [0.1, 0.15) is 5.03 Å². The van der Waals surface area contributed by atoms with Crippen LogP contribution < -0.4 is 5.32 Å². The topological polar surface area (TPSA) is 88.5 Å². The number of carbonyl (C=O) groups is 2. The molecule has 38 heavy (non-hydrogen) atoms. The molecule has 0 saturated carbocycles. The Hall–Kier alpha value is -1.60. The SMILES string of the molecule is CCCCCCCCCCC(CCCCCCCC)COCCCNC(=O)c1cccnc1SCC(=O)O. The molecule has 7 heteroatoms. The van der Waals surface area contributed by atoms with Crippen molar-refractivity contribution in [3.8, 4) is 0 Å². The standard InChI is InChI=1S/C31H54N2O4S/c1-3-5-7-9-11-12-14-16-20-27(19-15-13-10-8-6-4-2)25-37-24-18-23-32-30(36)28-21-17-22-33-31(28)38-26-29(34)35/h17,21-22,27H,3-16,18-20,23-26H2,1-2H3,(H,32,36)(H,34,35). The Balaban J connectivity index is 2.29. The van der Waals surface area contributed by atoms with Crippen molar-refractivity contribution >= 4 is 23.6 Å². The Labute approximate surface area is 236 Å². The molecule has 0 aromatic carbocycles. The molecule has 6 nitrogen and oxygen atoms in total. The maximum absolute atomic E-state index is 12.6. The lowest BCUT2D eigenvalue weighted by molar-refractivity contribution is -0.133. The predicted molar refractivity (Wildman–Crippen MR) is 159 cm³/mol. The minimum absolute atomic E-state index is 0.121. The number of thioether (sulfide) groups is 1. The molecule has 2 N–H and O–H groups in total. The van der Waals surface area contributed by atoms with Crippen LogP contribution in [0.1, 0.15) is 133 Å². The van der Waals surface area contributed by atoms with Crippen molar-refractivity contribution in [3.63, 3.8) is 0 Å². The molecule has 1 atom stereocenters. The minimum Gasteiger partial charge on any atom is -0.481 e. The van der Waals surface area contributed by atoms with Crippen molar-refractivity contribution < 1.29 is 19.4 Å². The van der Waals surface area contributed by atoms with Gasteiger partial charge in [-0.15, -0.1) is 0 Å². The molecule has 1 unspecified atom stereocenters. The van der Waals surface area contributed by atoms with Crippen LogP contribution in [0.25, 0.3) is 0 Å². The first-order valence-electron chi connectivity index (χ1n) is 15.2. The lowest BCUT2D eigenvalue weighted by Crippen LogP contribution is -2.26. The van der Waals surface area contributed by atoms with E-state index in [-0.39, 0.29) is 11.7 Å². The number of rotatable bonds is 26. The lowest BCUT2D eigenvalue weighted by atomic mass is 9.94. The normalized spacial score (nSPS) is 11.9. The summed E-state index contributed by atoms with van der Waals surface area (Å²) >= 11 is 1.06. The van der Waals surface area contributed by atoms with Crippen LogP contribution in [-0.2, 0) is 9.53 Å². The second-order valence-electron chi connectivity index (χ2n) is 10.4. The number of carboxylic acid groups (broad SMARTS) is 1. The van der Waals surface area contributed by atoms with Crippen molar-refractivity contribution in [3.05, 3.63) is 23.9 Å². The lowest BCUT2D eigenvalue weighted by Gasteiger charge is -2.17. The molecule has 0 fully saturated rings. The van der Waals surface area contributed by atoms with Gasteiger partial charge in [-0.2, -0.15) is 0 Å². The molecule has 1 heterocycles. The Kier molecular flexibility index (Phi) is 22.1. The first-order valence-corrected chi connectivity index (χ1v) is 16.2. The third-order valence-electron chi connectivity index (χ3n) is 6.88. The summed E-state index contributed by atoms with van der Waals surface area (Å²) in [5.41, 5.74) is 0.420. The number of pyridine rings is 1. The van der Waals surface area contributed by atoms with Gasteiger partial charge in [-0.25, -0.2) is 4.98 Å². The Morgan fingerprint density at radius 3 is 2.05 bits per heavy atom. The number of nitrogens with one attached hydrogen (secondary N) is 1. The molecule has 1 aromatic rings. The highest BCUT2D eigenvalue weighted by Crippen LogP contribution is 2.21. The molecule has 0 spiro atoms. The second kappa shape index (κ2) is 24.4. The summed E-state index contributed by atoms with van der Waals surface area (Å²) in [6, 6.07) is 3.38. The molecule has 1 rings (SSSR count). The number of amides is 1. The summed E-state index contributed by atoms with van der Waals surface area (Å²) < 4.78 is 6.06. The van der Waals surface area contributed by atoms with Crippen molar-refractivity contribution in [2.75, 3.05) is 25.5 Å². The van der Waals surface area contributed by atoms with E-state index in [9.17, 15) is 9.59 Å². The zero-order chi connectivity index (χ0) is 27.7. The van der Waals surface area contributed by atoms with Gasteiger partial charge in [0, 0.05) is 26.0 Å². The summed E-state index contributed by atoms with van der Waals surface area (Å²) in [6.07, 6.45) is 23.7. The molecule has 0 bridgehead atoms. The summed E-state index contributed by atoms with van der Waals surface area (Å²) in [7, 11) is 0. The van der Waals surface area contributed by atoms with Crippen LogP contribution in [0.2, 0.25) is 0 Å². The van der Waals surface area contributed by atoms with E-state index in [0.717, 1.165) is 24.8 Å². The molecule has 1 amide bonds. The number of carboxylic acids is 1. The number of aliphatic carboxylic acids is 1. The summed E-state index contributed by atoms with van der Waals surface area (Å²) in [5, 5.41) is 12.3. The number of hydrogen-bond donors (Lipinski definition) is 2. The summed E-state index contributed by atoms with van der Waals surface area (Å²) in [5.74, 6) is -0.632. The van der Waals surface area contributed by atoms with Gasteiger partial charge < -0.3 is 15.2 Å². The van der Waals surface area contributed by atoms with E-state index in [4.69, 9.17) is 9.84 Å². The van der Waals surface area contributed by atoms with E-state index in [1.165, 1.54) is 103 Å². The average molecular weight is 551 g/mol. The maximum Gasteiger partial charge on any atom is 0.313 e. The summed E-state index contributed by atoms with van der Waals surface area (Å²) in [4.78, 5) is 27.6. The van der Waals surface area contributed by atoms with Crippen LogP contribution in [0.5, 0.6) is 0 Å². The van der Waals surface area contributed by atoms with Crippen LogP contribution in [0.3, 0.4) is 0 Å². The van der Waals surface area contributed by atoms with Gasteiger partial charge in [-0.3, -0.25) is 9.59 Å². The van der Waals surface area contributed by atoms with Crippen LogP contribution in [0.15, 0.2) is 23.4 Å². The van der Waals surface area contributed by atoms with Crippen LogP contribution in [0, 0.1) is 5.92 Å². The van der Waals surface area contributed by atoms with E-state index in [2.05, 4.69) is 24.1 Å². The average Bonchev–Trinajstić information content (AvgIpc) is 2.92. The fraction of sp³-hybridized carbons (Fsp3) is 0.774. The number of ether oxygens (including phenoxy) is 1. The smallest absolute Gasteiger partial charge is 0.313 e. The number of aromatic nitrogens is 1. The van der Waals surface area contributed by atoms with Crippen molar-refractivity contribution in [1.29, 1.82) is 0 Å². The van der Waals surface area contributed by atoms with Gasteiger partial charge in [0.2, 0.25) is 0 Å². The van der Waals surface area contributed by atoms with E-state index in [1.54, 1.807) is 18.3 Å². The zero-order valence-corrected chi connectivity index (χ0v) is 25.0. The zero-order valence-electron chi connectivity index (χ0n) is 24.2. The Morgan fingerprint density at radius 1 is 0.895 bits per heavy atom. The first-order chi connectivity index (χ1) is 18.6. The minimum atomic E-state index is -0.929. The number of nitrogens with zero attached hydrogens (tertiary/aromatic N) is 1. The predicted octanol–water partition coefficient (Wildman–Crippen LogP) is 8.29. The van der Waals surface area contributed by atoms with Gasteiger partial charge in [0.25, 0.3) is 5.91 Å². The molecule has 0 aliphatic carbocycles. The fourth-order valence-corrected chi connectivity index (χ4v) is 5.33. The molecule has 0 aliphatic heterocycles. The fourth-order valence-electron chi connectivity index (χ4n) is 4.62. The van der Waals surface area contributed by atoms with Gasteiger partial charge in [0.15, 0.2) is 0 Å². The molecule has 0 saturated heterocycles. The summed E-state index contributed by atoms with van der Waals surface area (Å²) in [6.45, 7) is 6.51. The van der Waals surface area contributed by atoms with Crippen molar-refractivity contribution in [2.24, 2.45) is 5.92 Å². The highest BCUT2D eigenvalue weighted by Gasteiger charge is 2.14. The van der Waals surface area contributed by atoms with E-state index < -0.39 is 5.97 Å². The van der Waals surface area contributed by atoms with Crippen LogP contribution in [0.4, 0.5) is 0 Å². The molecular formula is C31H54N2O4S. The second-order valence-corrected chi connectivity index (χ2v) is 11.4. The monoisotopic (exact) mass is 550 g/mol.